The number of aryl methyl sites for hydroxylation is 2. The molecule has 3 aromatic rings. The summed E-state index contributed by atoms with van der Waals surface area (Å²) >= 11 is 0. The van der Waals surface area contributed by atoms with Gasteiger partial charge < -0.3 is 9.73 Å². The molecule has 0 saturated carbocycles. The third-order valence-corrected chi connectivity index (χ3v) is 4.25. The predicted molar refractivity (Wildman–Crippen MR) is 99.8 cm³/mol. The molecule has 134 valence electrons. The molecule has 0 aliphatic heterocycles. The fourth-order valence-electron chi connectivity index (χ4n) is 2.96. The monoisotopic (exact) mass is 349 g/mol. The van der Waals surface area contributed by atoms with Crippen LogP contribution in [0.15, 0.2) is 59.0 Å². The summed E-state index contributed by atoms with van der Waals surface area (Å²) in [5.74, 6) is 0.710. The fraction of sp³-hybridized carbons (Fsp3) is 0.286. The second-order valence-electron chi connectivity index (χ2n) is 6.42. The van der Waals surface area contributed by atoms with Crippen LogP contribution in [0.4, 0.5) is 0 Å². The Bertz CT molecular complexity index is 858. The van der Waals surface area contributed by atoms with Crippen molar-refractivity contribution >= 4 is 5.91 Å². The first-order valence-corrected chi connectivity index (χ1v) is 8.79. The number of aromatic nitrogens is 2. The van der Waals surface area contributed by atoms with Crippen LogP contribution < -0.4 is 5.32 Å². The van der Waals surface area contributed by atoms with Crippen molar-refractivity contribution in [1.29, 1.82) is 0 Å². The van der Waals surface area contributed by atoms with Crippen LogP contribution in [0.25, 0.3) is 0 Å². The highest BCUT2D eigenvalue weighted by molar-refractivity contribution is 5.77. The number of hydrogen-bond donors (Lipinski definition) is 1. The molecule has 0 bridgehead atoms. The maximum Gasteiger partial charge on any atom is 0.224 e. The van der Waals surface area contributed by atoms with Gasteiger partial charge in [-0.1, -0.05) is 60.2 Å². The average molecular weight is 349 g/mol. The van der Waals surface area contributed by atoms with Gasteiger partial charge in [0.2, 0.25) is 17.7 Å². The number of carbonyl (C=O) groups excluding carboxylic acids is 1. The van der Waals surface area contributed by atoms with Gasteiger partial charge in [0.25, 0.3) is 0 Å². The Kier molecular flexibility index (Phi) is 5.79. The van der Waals surface area contributed by atoms with E-state index in [0.29, 0.717) is 18.3 Å². The van der Waals surface area contributed by atoms with E-state index in [0.717, 1.165) is 12.0 Å². The van der Waals surface area contributed by atoms with E-state index in [1.54, 1.807) is 6.92 Å². The van der Waals surface area contributed by atoms with Crippen LogP contribution in [0.3, 0.4) is 0 Å². The number of nitrogens with one attached hydrogen (secondary N) is 1. The second kappa shape index (κ2) is 8.43. The minimum Gasteiger partial charge on any atom is -0.425 e. The third kappa shape index (κ3) is 4.79. The van der Waals surface area contributed by atoms with Crippen LogP contribution in [0.2, 0.25) is 0 Å². The molecular weight excluding hydrogens is 326 g/mol. The largest absolute Gasteiger partial charge is 0.425 e. The van der Waals surface area contributed by atoms with E-state index in [4.69, 9.17) is 4.42 Å². The number of carbonyl (C=O) groups is 1. The van der Waals surface area contributed by atoms with E-state index >= 15 is 0 Å². The van der Waals surface area contributed by atoms with Gasteiger partial charge in [0, 0.05) is 19.9 Å². The van der Waals surface area contributed by atoms with E-state index in [1.807, 2.05) is 36.4 Å². The normalized spacial score (nSPS) is 11.9. The Morgan fingerprint density at radius 2 is 1.88 bits per heavy atom. The van der Waals surface area contributed by atoms with Crippen LogP contribution in [-0.4, -0.2) is 22.6 Å². The summed E-state index contributed by atoms with van der Waals surface area (Å²) in [6, 6.07) is 18.1. The van der Waals surface area contributed by atoms with E-state index in [-0.39, 0.29) is 18.2 Å². The summed E-state index contributed by atoms with van der Waals surface area (Å²) in [4.78, 5) is 12.5. The summed E-state index contributed by atoms with van der Waals surface area (Å²) in [5, 5.41) is 11.0. The first-order chi connectivity index (χ1) is 12.6. The highest BCUT2D eigenvalue weighted by atomic mass is 16.4. The molecule has 26 heavy (non-hydrogen) atoms. The van der Waals surface area contributed by atoms with Crippen molar-refractivity contribution in [2.24, 2.45) is 0 Å². The molecule has 1 aromatic heterocycles. The van der Waals surface area contributed by atoms with Gasteiger partial charge in [-0.2, -0.15) is 0 Å². The molecule has 0 radical (unpaired) electrons. The highest BCUT2D eigenvalue weighted by Crippen LogP contribution is 2.26. The van der Waals surface area contributed by atoms with Crippen LogP contribution in [-0.2, 0) is 11.2 Å². The zero-order valence-corrected chi connectivity index (χ0v) is 15.1. The zero-order valence-electron chi connectivity index (χ0n) is 15.1. The summed E-state index contributed by atoms with van der Waals surface area (Å²) in [6.45, 7) is 4.42. The minimum atomic E-state index is -0.239. The lowest BCUT2D eigenvalue weighted by molar-refractivity contribution is -0.121. The molecule has 0 saturated heterocycles. The fourth-order valence-corrected chi connectivity index (χ4v) is 2.96. The molecule has 1 atom stereocenters. The molecule has 1 heterocycles. The maximum atomic E-state index is 12.5. The van der Waals surface area contributed by atoms with Crippen molar-refractivity contribution < 1.29 is 9.21 Å². The van der Waals surface area contributed by atoms with Gasteiger partial charge >= 0.3 is 0 Å². The Morgan fingerprint density at radius 3 is 2.58 bits per heavy atom. The summed E-state index contributed by atoms with van der Waals surface area (Å²) in [5.41, 5.74) is 3.44. The van der Waals surface area contributed by atoms with Crippen molar-refractivity contribution in [1.82, 2.24) is 15.5 Å². The Morgan fingerprint density at radius 1 is 1.08 bits per heavy atom. The van der Waals surface area contributed by atoms with Crippen molar-refractivity contribution in [2.45, 2.75) is 32.6 Å². The van der Waals surface area contributed by atoms with Gasteiger partial charge in [-0.15, -0.1) is 10.2 Å². The van der Waals surface area contributed by atoms with Crippen molar-refractivity contribution in [3.05, 3.63) is 83.1 Å². The molecule has 1 N–H and O–H groups in total. The standard InChI is InChI=1S/C21H23N3O2/c1-15-7-6-8-17(13-15)11-12-22-20(25)14-19(18-9-4-3-5-10-18)21-24-23-16(2)26-21/h3-10,13,19H,11-12,14H2,1-2H3,(H,22,25). The van der Waals surface area contributed by atoms with Crippen LogP contribution >= 0.6 is 0 Å². The molecule has 0 fully saturated rings. The molecule has 5 heteroatoms. The molecule has 3 rings (SSSR count). The smallest absolute Gasteiger partial charge is 0.224 e. The SMILES string of the molecule is Cc1cccc(CCNC(=O)CC(c2ccccc2)c2nnc(C)o2)c1. The Balaban J connectivity index is 1.62. The first kappa shape index (κ1) is 17.9. The topological polar surface area (TPSA) is 68.0 Å². The lowest BCUT2D eigenvalue weighted by Gasteiger charge is -2.13. The highest BCUT2D eigenvalue weighted by Gasteiger charge is 2.23. The molecule has 1 amide bonds. The quantitative estimate of drug-likeness (QED) is 0.708. The molecule has 0 aliphatic rings. The van der Waals surface area contributed by atoms with E-state index < -0.39 is 0 Å². The van der Waals surface area contributed by atoms with E-state index in [1.165, 1.54) is 11.1 Å². The molecule has 2 aromatic carbocycles. The van der Waals surface area contributed by atoms with Crippen molar-refractivity contribution in [3.8, 4) is 0 Å². The average Bonchev–Trinajstić information content (AvgIpc) is 3.06. The van der Waals surface area contributed by atoms with Crippen LogP contribution in [0.5, 0.6) is 0 Å². The van der Waals surface area contributed by atoms with Gasteiger partial charge in [0.1, 0.15) is 0 Å². The molecule has 0 spiro atoms. The van der Waals surface area contributed by atoms with Crippen molar-refractivity contribution in [2.75, 3.05) is 6.54 Å². The number of benzene rings is 2. The molecule has 5 nitrogen and oxygen atoms in total. The Hall–Kier alpha value is -2.95. The first-order valence-electron chi connectivity index (χ1n) is 8.79. The number of nitrogens with zero attached hydrogens (tertiary/aromatic N) is 2. The predicted octanol–water partition coefficient (Wildman–Crippen LogP) is 3.57. The van der Waals surface area contributed by atoms with E-state index in [9.17, 15) is 4.79 Å². The van der Waals surface area contributed by atoms with Crippen molar-refractivity contribution in [3.63, 3.8) is 0 Å². The van der Waals surface area contributed by atoms with E-state index in [2.05, 4.69) is 40.6 Å². The zero-order chi connectivity index (χ0) is 18.4. The minimum absolute atomic E-state index is 0.0256. The molecular formula is C21H23N3O2. The summed E-state index contributed by atoms with van der Waals surface area (Å²) in [6.07, 6.45) is 1.09. The summed E-state index contributed by atoms with van der Waals surface area (Å²) in [7, 11) is 0. The van der Waals surface area contributed by atoms with Gasteiger partial charge in [-0.25, -0.2) is 0 Å². The van der Waals surface area contributed by atoms with Crippen LogP contribution in [0, 0.1) is 13.8 Å². The number of rotatable bonds is 7. The molecule has 1 unspecified atom stereocenters. The maximum absolute atomic E-state index is 12.5. The lowest BCUT2D eigenvalue weighted by atomic mass is 9.95. The molecule has 0 aliphatic carbocycles. The second-order valence-corrected chi connectivity index (χ2v) is 6.42. The van der Waals surface area contributed by atoms with Crippen LogP contribution in [0.1, 0.15) is 40.8 Å². The third-order valence-electron chi connectivity index (χ3n) is 4.25. The summed E-state index contributed by atoms with van der Waals surface area (Å²) < 4.78 is 5.59. The van der Waals surface area contributed by atoms with Gasteiger partial charge in [-0.05, 0) is 24.5 Å². The lowest BCUT2D eigenvalue weighted by Crippen LogP contribution is -2.27. The number of hydrogen-bond acceptors (Lipinski definition) is 4. The van der Waals surface area contributed by atoms with Gasteiger partial charge in [0.05, 0.1) is 5.92 Å². The van der Waals surface area contributed by atoms with Gasteiger partial charge in [-0.3, -0.25) is 4.79 Å². The number of amides is 1. The Labute approximate surface area is 153 Å². The van der Waals surface area contributed by atoms with Gasteiger partial charge in [0.15, 0.2) is 0 Å².